The summed E-state index contributed by atoms with van der Waals surface area (Å²) in [5, 5.41) is 20.7. The van der Waals surface area contributed by atoms with Crippen molar-refractivity contribution < 1.29 is 33.9 Å². The van der Waals surface area contributed by atoms with Gasteiger partial charge in [-0.25, -0.2) is 14.6 Å². The molecular weight excluding hydrogens is 542 g/mol. The van der Waals surface area contributed by atoms with E-state index in [9.17, 15) is 29.1 Å². The molecule has 15 heteroatoms. The summed E-state index contributed by atoms with van der Waals surface area (Å²) < 4.78 is 0. The number of hydrogen-bond acceptors (Lipinski definition) is 11. The van der Waals surface area contributed by atoms with Crippen molar-refractivity contribution in [3.05, 3.63) is 58.0 Å². The first kappa shape index (κ1) is 26.7. The van der Waals surface area contributed by atoms with Crippen molar-refractivity contribution in [2.24, 2.45) is 5.16 Å². The predicted molar refractivity (Wildman–Crippen MR) is 140 cm³/mol. The number of carbonyl (C=O) groups is 5. The van der Waals surface area contributed by atoms with Crippen molar-refractivity contribution in [2.45, 2.75) is 38.3 Å². The van der Waals surface area contributed by atoms with Crippen molar-refractivity contribution >= 4 is 57.4 Å². The largest absolute Gasteiger partial charge is 0.477 e. The number of aliphatic carboxylic acids is 1. The molecule has 5 N–H and O–H groups in total. The van der Waals surface area contributed by atoms with Gasteiger partial charge >= 0.3 is 11.9 Å². The number of rotatable bonds is 7. The Morgan fingerprint density at radius 3 is 2.65 bits per heavy atom. The van der Waals surface area contributed by atoms with Crippen LogP contribution in [0.2, 0.25) is 0 Å². The molecule has 2 fully saturated rings. The smallest absolute Gasteiger partial charge is 0.352 e. The van der Waals surface area contributed by atoms with Crippen LogP contribution in [-0.4, -0.2) is 74.0 Å². The maximum atomic E-state index is 13.3. The quantitative estimate of drug-likeness (QED) is 0.118. The van der Waals surface area contributed by atoms with Gasteiger partial charge in [0.05, 0.1) is 11.7 Å². The monoisotopic (exact) mass is 565 g/mol. The number of carbonyl (C=O) groups excluding carboxylic acids is 4. The van der Waals surface area contributed by atoms with Crippen LogP contribution in [0.4, 0.5) is 5.13 Å². The summed E-state index contributed by atoms with van der Waals surface area (Å²) in [6.07, 6.45) is 2.43. The number of pyridine rings is 1. The molecule has 2 aromatic rings. The number of nitrogen functional groups attached to an aromatic ring is 1. The van der Waals surface area contributed by atoms with E-state index in [1.165, 1.54) is 5.38 Å². The number of nitrogens with zero attached hydrogens (tertiary/aromatic N) is 4. The van der Waals surface area contributed by atoms with Gasteiger partial charge in [-0.1, -0.05) is 11.2 Å². The molecule has 0 radical (unpaired) electrons. The lowest BCUT2D eigenvalue weighted by atomic mass is 9.79. The molecule has 0 saturated carbocycles. The van der Waals surface area contributed by atoms with Gasteiger partial charge in [0.15, 0.2) is 10.8 Å². The predicted octanol–water partition coefficient (Wildman–Crippen LogP) is 0.189. The number of nitrogens with one attached hydrogen (secondary N) is 2. The number of aromatic nitrogens is 2. The molecule has 5 heterocycles. The van der Waals surface area contributed by atoms with Gasteiger partial charge in [0, 0.05) is 36.2 Å². The van der Waals surface area contributed by atoms with Crippen molar-refractivity contribution in [3.63, 3.8) is 0 Å². The van der Waals surface area contributed by atoms with Gasteiger partial charge in [0.1, 0.15) is 17.4 Å². The number of hydrogen-bond donors (Lipinski definition) is 4. The van der Waals surface area contributed by atoms with Crippen LogP contribution in [0.1, 0.15) is 37.6 Å². The number of amides is 3. The summed E-state index contributed by atoms with van der Waals surface area (Å²) in [4.78, 5) is 77.0. The molecule has 0 aliphatic carbocycles. The van der Waals surface area contributed by atoms with Gasteiger partial charge in [0.25, 0.3) is 11.8 Å². The third-order valence-electron chi connectivity index (χ3n) is 6.63. The third-order valence-corrected chi connectivity index (χ3v) is 7.30. The number of fused-ring (bicyclic) bond motifs is 1. The fraction of sp³-hybridized carbons (Fsp3) is 0.280. The van der Waals surface area contributed by atoms with Crippen molar-refractivity contribution in [1.82, 2.24) is 25.5 Å². The Labute approximate surface area is 230 Å². The number of allylic oxidation sites excluding steroid dienone is 2. The van der Waals surface area contributed by atoms with Crippen molar-refractivity contribution in [2.75, 3.05) is 12.3 Å². The summed E-state index contributed by atoms with van der Waals surface area (Å²) in [5.74, 6) is -3.94. The third kappa shape index (κ3) is 4.82. The number of carboxylic acids is 1. The average Bonchev–Trinajstić information content (AvgIpc) is 3.55. The lowest BCUT2D eigenvalue weighted by Gasteiger charge is -2.50. The summed E-state index contributed by atoms with van der Waals surface area (Å²) in [5.41, 5.74) is 6.61. The molecule has 206 valence electrons. The fourth-order valence-electron chi connectivity index (χ4n) is 4.99. The highest BCUT2D eigenvalue weighted by Gasteiger charge is 2.54. The van der Waals surface area contributed by atoms with Crippen LogP contribution in [0.25, 0.3) is 5.57 Å². The number of carboxylic acid groups (broad SMARTS) is 1. The van der Waals surface area contributed by atoms with Crippen LogP contribution in [0.5, 0.6) is 0 Å². The maximum absolute atomic E-state index is 13.3. The number of β-lactam (4-membered cyclic amide) rings is 1. The van der Waals surface area contributed by atoms with Crippen LogP contribution >= 0.6 is 11.3 Å². The van der Waals surface area contributed by atoms with E-state index in [0.29, 0.717) is 41.8 Å². The molecule has 0 unspecified atom stereocenters. The summed E-state index contributed by atoms with van der Waals surface area (Å²) in [7, 11) is 0. The molecule has 3 aliphatic rings. The van der Waals surface area contributed by atoms with Gasteiger partial charge < -0.3 is 26.3 Å². The van der Waals surface area contributed by atoms with E-state index in [2.05, 4.69) is 30.6 Å². The Morgan fingerprint density at radius 2 is 2.05 bits per heavy atom. The Kier molecular flexibility index (Phi) is 7.13. The van der Waals surface area contributed by atoms with E-state index >= 15 is 0 Å². The molecule has 0 bridgehead atoms. The second kappa shape index (κ2) is 10.7. The zero-order chi connectivity index (χ0) is 28.6. The van der Waals surface area contributed by atoms with Crippen LogP contribution in [0.3, 0.4) is 0 Å². The molecule has 14 nitrogen and oxygen atoms in total. The first-order valence-electron chi connectivity index (χ1n) is 12.2. The number of anilines is 1. The second-order valence-electron chi connectivity index (χ2n) is 9.07. The summed E-state index contributed by atoms with van der Waals surface area (Å²) in [6.45, 7) is 1.51. The van der Waals surface area contributed by atoms with Gasteiger partial charge in [-0.2, -0.15) is 0 Å². The minimum absolute atomic E-state index is 0.0448. The molecule has 2 aromatic heterocycles. The second-order valence-corrected chi connectivity index (χ2v) is 9.96. The van der Waals surface area contributed by atoms with E-state index in [0.717, 1.165) is 23.2 Å². The van der Waals surface area contributed by atoms with Gasteiger partial charge in [-0.15, -0.1) is 11.3 Å². The lowest BCUT2D eigenvalue weighted by molar-refractivity contribution is -0.155. The SMILES string of the molecule is CC(=O)ON=C(C(=O)N[C@@H]1C(=O)N2C(C(=O)O)=C(C(=C3CCNC3=O)c3ccccn3)CC[C@H]12)c1csc(N)n1. The minimum Gasteiger partial charge on any atom is -0.477 e. The Morgan fingerprint density at radius 1 is 1.25 bits per heavy atom. The maximum Gasteiger partial charge on any atom is 0.352 e. The zero-order valence-electron chi connectivity index (χ0n) is 21.0. The van der Waals surface area contributed by atoms with E-state index < -0.39 is 35.8 Å². The Hall–Kier alpha value is -4.92. The van der Waals surface area contributed by atoms with Crippen molar-refractivity contribution in [1.29, 1.82) is 0 Å². The summed E-state index contributed by atoms with van der Waals surface area (Å²) >= 11 is 1.04. The number of nitrogens with two attached hydrogens (primary N) is 1. The van der Waals surface area contributed by atoms with Crippen molar-refractivity contribution in [3.8, 4) is 0 Å². The molecule has 2 saturated heterocycles. The molecule has 0 aromatic carbocycles. The fourth-order valence-corrected chi connectivity index (χ4v) is 5.54. The Bertz CT molecular complexity index is 1530. The molecule has 3 aliphatic heterocycles. The normalized spacial score (nSPS) is 21.8. The number of thiazole rings is 1. The van der Waals surface area contributed by atoms with E-state index in [-0.39, 0.29) is 34.6 Å². The minimum atomic E-state index is -1.35. The first-order valence-corrected chi connectivity index (χ1v) is 13.1. The highest BCUT2D eigenvalue weighted by atomic mass is 32.1. The van der Waals surface area contributed by atoms with Crippen LogP contribution < -0.4 is 16.4 Å². The van der Waals surface area contributed by atoms with Gasteiger partial charge in [-0.05, 0) is 37.0 Å². The molecule has 0 spiro atoms. The summed E-state index contributed by atoms with van der Waals surface area (Å²) in [6, 6.07) is 3.38. The molecular formula is C25H23N7O7S. The topological polar surface area (TPSA) is 206 Å². The van der Waals surface area contributed by atoms with E-state index in [1.807, 2.05) is 0 Å². The zero-order valence-corrected chi connectivity index (χ0v) is 21.9. The lowest BCUT2D eigenvalue weighted by Crippen LogP contribution is -2.72. The average molecular weight is 566 g/mol. The highest BCUT2D eigenvalue weighted by molar-refractivity contribution is 7.13. The highest BCUT2D eigenvalue weighted by Crippen LogP contribution is 2.43. The number of oxime groups is 1. The first-order chi connectivity index (χ1) is 19.2. The molecule has 40 heavy (non-hydrogen) atoms. The van der Waals surface area contributed by atoms with Crippen LogP contribution in [-0.2, 0) is 28.8 Å². The molecule has 5 rings (SSSR count). The van der Waals surface area contributed by atoms with Crippen LogP contribution in [0.15, 0.2) is 51.8 Å². The molecule has 3 amide bonds. The van der Waals surface area contributed by atoms with E-state index in [4.69, 9.17) is 5.73 Å². The van der Waals surface area contributed by atoms with Gasteiger partial charge in [0.2, 0.25) is 5.91 Å². The molecule has 2 atom stereocenters. The Balaban J connectivity index is 1.47. The van der Waals surface area contributed by atoms with Crippen LogP contribution in [0, 0.1) is 0 Å². The van der Waals surface area contributed by atoms with E-state index in [1.54, 1.807) is 24.4 Å². The van der Waals surface area contributed by atoms with Gasteiger partial charge in [-0.3, -0.25) is 24.3 Å². The standard InChI is InChI=1S/C25H23N7O7S/c1-11(33)39-31-18(15-10-40-25(26)29-15)22(35)30-19-16-6-5-12(20(24(37)38)32(16)23(19)36)17(13-7-9-28-21(13)34)14-4-2-3-8-27-14/h2-4,8,10,16,19H,5-7,9H2,1H3,(H2,26,29)(H,28,34)(H,30,35)(H,37,38)/t16-,19+/m1/s1.